The average Bonchev–Trinajstić information content (AvgIpc) is 2.39. The summed E-state index contributed by atoms with van der Waals surface area (Å²) in [6.45, 7) is 3.42. The molecule has 1 atom stereocenters. The highest BCUT2D eigenvalue weighted by Gasteiger charge is 2.21. The number of morpholine rings is 1. The predicted octanol–water partition coefficient (Wildman–Crippen LogP) is 1.03. The van der Waals surface area contributed by atoms with Gasteiger partial charge in [0.05, 0.1) is 30.2 Å². The van der Waals surface area contributed by atoms with Crippen molar-refractivity contribution in [3.8, 4) is 0 Å². The van der Waals surface area contributed by atoms with E-state index in [0.717, 1.165) is 0 Å². The van der Waals surface area contributed by atoms with Gasteiger partial charge in [0.25, 0.3) is 0 Å². The topological polar surface area (TPSA) is 91.8 Å². The largest absolute Gasteiger partial charge is 0.478 e. The van der Waals surface area contributed by atoms with Gasteiger partial charge in [-0.1, -0.05) is 0 Å². The maximum atomic E-state index is 12.0. The van der Waals surface area contributed by atoms with Crippen molar-refractivity contribution in [3.05, 3.63) is 24.0 Å². The molecule has 7 heteroatoms. The minimum absolute atomic E-state index is 0.00276. The molecule has 0 spiro atoms. The van der Waals surface area contributed by atoms with Gasteiger partial charge in [0.2, 0.25) is 0 Å². The van der Waals surface area contributed by atoms with E-state index in [1.165, 1.54) is 18.5 Å². The van der Waals surface area contributed by atoms with E-state index in [1.807, 2.05) is 6.92 Å². The lowest BCUT2D eigenvalue weighted by atomic mass is 10.2. The summed E-state index contributed by atoms with van der Waals surface area (Å²) in [5, 5.41) is 11.5. The fraction of sp³-hybridized carbons (Fsp3) is 0.417. The molecule has 1 saturated heterocycles. The number of hydrogen-bond acceptors (Lipinski definition) is 4. The minimum Gasteiger partial charge on any atom is -0.478 e. The molecule has 19 heavy (non-hydrogen) atoms. The number of carboxylic acids is 1. The highest BCUT2D eigenvalue weighted by Crippen LogP contribution is 2.11. The summed E-state index contributed by atoms with van der Waals surface area (Å²) < 4.78 is 5.35. The second-order valence-electron chi connectivity index (χ2n) is 4.33. The first-order chi connectivity index (χ1) is 9.06. The lowest BCUT2D eigenvalue weighted by Crippen LogP contribution is -2.46. The smallest absolute Gasteiger partial charge is 0.337 e. The number of aromatic carboxylic acids is 1. The van der Waals surface area contributed by atoms with E-state index in [2.05, 4.69) is 10.3 Å². The van der Waals surface area contributed by atoms with Crippen molar-refractivity contribution >= 4 is 17.7 Å². The van der Waals surface area contributed by atoms with Crippen LogP contribution in [-0.2, 0) is 4.74 Å². The molecule has 0 saturated carbocycles. The summed E-state index contributed by atoms with van der Waals surface area (Å²) in [5.41, 5.74) is 0.400. The monoisotopic (exact) mass is 265 g/mol. The van der Waals surface area contributed by atoms with Crippen LogP contribution >= 0.6 is 0 Å². The van der Waals surface area contributed by atoms with Crippen LogP contribution in [0.3, 0.4) is 0 Å². The number of ether oxygens (including phenoxy) is 1. The first-order valence-corrected chi connectivity index (χ1v) is 5.92. The Morgan fingerprint density at radius 2 is 2.32 bits per heavy atom. The molecule has 2 heterocycles. The van der Waals surface area contributed by atoms with Gasteiger partial charge in [-0.15, -0.1) is 0 Å². The quantitative estimate of drug-likeness (QED) is 0.833. The van der Waals surface area contributed by atoms with Crippen LogP contribution in [0.1, 0.15) is 17.3 Å². The lowest BCUT2D eigenvalue weighted by molar-refractivity contribution is -0.00138. The molecule has 0 radical (unpaired) electrons. The van der Waals surface area contributed by atoms with Gasteiger partial charge >= 0.3 is 12.0 Å². The number of carbonyl (C=O) groups excluding carboxylic acids is 1. The Morgan fingerprint density at radius 3 is 3.00 bits per heavy atom. The Labute approximate surface area is 110 Å². The third kappa shape index (κ3) is 3.41. The minimum atomic E-state index is -1.08. The van der Waals surface area contributed by atoms with Crippen molar-refractivity contribution in [3.63, 3.8) is 0 Å². The van der Waals surface area contributed by atoms with E-state index in [4.69, 9.17) is 9.84 Å². The molecule has 1 unspecified atom stereocenters. The van der Waals surface area contributed by atoms with Crippen LogP contribution in [0.5, 0.6) is 0 Å². The fourth-order valence-corrected chi connectivity index (χ4v) is 1.83. The number of nitrogens with zero attached hydrogens (tertiary/aromatic N) is 2. The van der Waals surface area contributed by atoms with E-state index in [-0.39, 0.29) is 17.7 Å². The molecule has 0 aromatic carbocycles. The molecular weight excluding hydrogens is 250 g/mol. The molecule has 1 fully saturated rings. The number of nitrogens with one attached hydrogen (secondary N) is 1. The lowest BCUT2D eigenvalue weighted by Gasteiger charge is -2.31. The number of carbonyl (C=O) groups is 2. The molecule has 1 aliphatic heterocycles. The maximum Gasteiger partial charge on any atom is 0.337 e. The highest BCUT2D eigenvalue weighted by molar-refractivity contribution is 5.92. The number of urea groups is 1. The SMILES string of the molecule is CC1CN(C(=O)Nc2cncc(C(=O)O)c2)CCO1. The van der Waals surface area contributed by atoms with Gasteiger partial charge in [-0.25, -0.2) is 9.59 Å². The molecule has 1 aliphatic rings. The van der Waals surface area contributed by atoms with Crippen LogP contribution in [0, 0.1) is 0 Å². The molecule has 7 nitrogen and oxygen atoms in total. The third-order valence-corrected chi connectivity index (χ3v) is 2.76. The van der Waals surface area contributed by atoms with E-state index >= 15 is 0 Å². The number of anilines is 1. The summed E-state index contributed by atoms with van der Waals surface area (Å²) in [5.74, 6) is -1.08. The summed E-state index contributed by atoms with van der Waals surface area (Å²) in [6.07, 6.45) is 2.64. The molecule has 2 amide bonds. The van der Waals surface area contributed by atoms with Crippen molar-refractivity contribution in [2.24, 2.45) is 0 Å². The van der Waals surface area contributed by atoms with E-state index in [9.17, 15) is 9.59 Å². The molecule has 0 aliphatic carbocycles. The summed E-state index contributed by atoms with van der Waals surface area (Å²) in [6, 6.07) is 1.09. The first-order valence-electron chi connectivity index (χ1n) is 5.92. The van der Waals surface area contributed by atoms with Gasteiger partial charge in [0.15, 0.2) is 0 Å². The second kappa shape index (κ2) is 5.66. The van der Waals surface area contributed by atoms with Crippen LogP contribution in [0.25, 0.3) is 0 Å². The summed E-state index contributed by atoms with van der Waals surface area (Å²) in [7, 11) is 0. The zero-order valence-corrected chi connectivity index (χ0v) is 10.5. The van der Waals surface area contributed by atoms with Crippen molar-refractivity contribution in [1.29, 1.82) is 0 Å². The van der Waals surface area contributed by atoms with Crippen LogP contribution < -0.4 is 5.32 Å². The maximum absolute atomic E-state index is 12.0. The second-order valence-corrected chi connectivity index (χ2v) is 4.33. The molecule has 1 aromatic heterocycles. The van der Waals surface area contributed by atoms with Gasteiger partial charge in [-0.2, -0.15) is 0 Å². The summed E-state index contributed by atoms with van der Waals surface area (Å²) in [4.78, 5) is 28.2. The fourth-order valence-electron chi connectivity index (χ4n) is 1.83. The number of aromatic nitrogens is 1. The van der Waals surface area contributed by atoms with Crippen molar-refractivity contribution < 1.29 is 19.4 Å². The van der Waals surface area contributed by atoms with Crippen LogP contribution in [0.15, 0.2) is 18.5 Å². The first kappa shape index (κ1) is 13.3. The Balaban J connectivity index is 2.02. The van der Waals surface area contributed by atoms with Gasteiger partial charge in [0.1, 0.15) is 0 Å². The number of carboxylic acid groups (broad SMARTS) is 1. The number of rotatable bonds is 2. The Hall–Kier alpha value is -2.15. The average molecular weight is 265 g/mol. The van der Waals surface area contributed by atoms with E-state index in [0.29, 0.717) is 25.4 Å². The summed E-state index contributed by atoms with van der Waals surface area (Å²) >= 11 is 0. The zero-order chi connectivity index (χ0) is 13.8. The molecule has 2 N–H and O–H groups in total. The van der Waals surface area contributed by atoms with Crippen molar-refractivity contribution in [2.75, 3.05) is 25.0 Å². The Morgan fingerprint density at radius 1 is 1.53 bits per heavy atom. The molecule has 0 bridgehead atoms. The van der Waals surface area contributed by atoms with Crippen LogP contribution in [0.4, 0.5) is 10.5 Å². The molecule has 1 aromatic rings. The highest BCUT2D eigenvalue weighted by atomic mass is 16.5. The standard InChI is InChI=1S/C12H15N3O4/c1-8-7-15(2-3-19-8)12(18)14-10-4-9(11(16)17)5-13-6-10/h4-6,8H,2-3,7H2,1H3,(H,14,18)(H,16,17). The van der Waals surface area contributed by atoms with Crippen LogP contribution in [0.2, 0.25) is 0 Å². The van der Waals surface area contributed by atoms with Gasteiger partial charge in [0, 0.05) is 19.3 Å². The van der Waals surface area contributed by atoms with E-state index < -0.39 is 5.97 Å². The zero-order valence-electron chi connectivity index (χ0n) is 10.5. The normalized spacial score (nSPS) is 19.0. The van der Waals surface area contributed by atoms with E-state index in [1.54, 1.807) is 4.90 Å². The van der Waals surface area contributed by atoms with Gasteiger partial charge in [-0.3, -0.25) is 4.98 Å². The van der Waals surface area contributed by atoms with Gasteiger partial charge < -0.3 is 20.1 Å². The third-order valence-electron chi connectivity index (χ3n) is 2.76. The van der Waals surface area contributed by atoms with Crippen LogP contribution in [-0.4, -0.2) is 52.8 Å². The Bertz CT molecular complexity index is 492. The number of amides is 2. The number of pyridine rings is 1. The molecule has 102 valence electrons. The van der Waals surface area contributed by atoms with Crippen molar-refractivity contribution in [2.45, 2.75) is 13.0 Å². The van der Waals surface area contributed by atoms with Crippen molar-refractivity contribution in [1.82, 2.24) is 9.88 Å². The molecular formula is C12H15N3O4. The predicted molar refractivity (Wildman–Crippen MR) is 67.2 cm³/mol. The Kier molecular flexibility index (Phi) is 3.96. The van der Waals surface area contributed by atoms with Gasteiger partial charge in [-0.05, 0) is 13.0 Å². The molecule has 2 rings (SSSR count). The number of hydrogen-bond donors (Lipinski definition) is 2.